The summed E-state index contributed by atoms with van der Waals surface area (Å²) in [6.45, 7) is 4.80. The first-order valence-electron chi connectivity index (χ1n) is 24.8. The summed E-state index contributed by atoms with van der Waals surface area (Å²) in [4.78, 5) is 49.4. The number of hydrogen-bond acceptors (Lipinski definition) is 15. The smallest absolute Gasteiger partial charge is 0.305 e. The van der Waals surface area contributed by atoms with Crippen LogP contribution in [0.1, 0.15) is 55.8 Å². The molecule has 390 valence electrons. The highest BCUT2D eigenvalue weighted by atomic mass is 16.5. The number of para-hydroxylation sites is 2. The molecule has 16 heteroatoms. The first-order valence-corrected chi connectivity index (χ1v) is 24.8. The number of methoxy groups -OCH3 is 4. The van der Waals surface area contributed by atoms with Gasteiger partial charge < -0.3 is 62.4 Å². The highest BCUT2D eigenvalue weighted by Crippen LogP contribution is 2.40. The summed E-state index contributed by atoms with van der Waals surface area (Å²) in [6.07, 6.45) is 3.32. The van der Waals surface area contributed by atoms with Crippen molar-refractivity contribution in [1.29, 1.82) is 0 Å². The molecular formula is C57H71N5O11. The SMILES string of the molecule is COCCOCCOCCN(CCCC(=O)OC)c1cc(COc2cc(N(C)C)c(C(=O)N3CCc4ccccc43)cc2OC)cc(COc2cc(N(C)CC3Cc4ccccc4N3C)c(C=O)cc2OC)c1. The lowest BCUT2D eigenvalue weighted by molar-refractivity contribution is -0.140. The summed E-state index contributed by atoms with van der Waals surface area (Å²) in [6, 6.07) is 30.0. The van der Waals surface area contributed by atoms with Crippen LogP contribution in [0.4, 0.5) is 28.4 Å². The Morgan fingerprint density at radius 3 is 1.97 bits per heavy atom. The van der Waals surface area contributed by atoms with Crippen LogP contribution >= 0.6 is 0 Å². The Bertz CT molecular complexity index is 2660. The van der Waals surface area contributed by atoms with Gasteiger partial charge in [-0.3, -0.25) is 14.4 Å². The zero-order chi connectivity index (χ0) is 51.9. The van der Waals surface area contributed by atoms with E-state index in [2.05, 4.69) is 64.2 Å². The number of benzene rings is 5. The Balaban J connectivity index is 1.17. The van der Waals surface area contributed by atoms with Crippen LogP contribution in [0.3, 0.4) is 0 Å². The van der Waals surface area contributed by atoms with Crippen LogP contribution in [0.2, 0.25) is 0 Å². The van der Waals surface area contributed by atoms with Gasteiger partial charge in [0.2, 0.25) is 0 Å². The van der Waals surface area contributed by atoms with E-state index in [9.17, 15) is 14.4 Å². The molecule has 7 rings (SSSR count). The van der Waals surface area contributed by atoms with Crippen LogP contribution in [-0.2, 0) is 49.8 Å². The molecule has 0 saturated carbocycles. The molecule has 0 bridgehead atoms. The second kappa shape index (κ2) is 26.1. The number of carbonyl (C=O) groups is 3. The summed E-state index contributed by atoms with van der Waals surface area (Å²) >= 11 is 0. The fraction of sp³-hybridized carbons (Fsp3) is 0.421. The molecule has 0 spiro atoms. The molecule has 73 heavy (non-hydrogen) atoms. The molecule has 2 heterocycles. The number of rotatable bonds is 28. The molecule has 5 aromatic rings. The average molecular weight is 1000 g/mol. The normalized spacial score (nSPS) is 13.6. The molecular weight excluding hydrogens is 931 g/mol. The molecule has 2 aliphatic heterocycles. The Morgan fingerprint density at radius 1 is 0.699 bits per heavy atom. The lowest BCUT2D eigenvalue weighted by Gasteiger charge is -2.30. The fourth-order valence-electron chi connectivity index (χ4n) is 9.48. The molecule has 1 atom stereocenters. The van der Waals surface area contributed by atoms with Crippen LogP contribution in [0.15, 0.2) is 91.0 Å². The number of amides is 1. The second-order valence-electron chi connectivity index (χ2n) is 18.4. The van der Waals surface area contributed by atoms with Gasteiger partial charge in [-0.1, -0.05) is 36.4 Å². The average Bonchev–Trinajstić information content (AvgIpc) is 3.98. The third-order valence-corrected chi connectivity index (χ3v) is 13.4. The number of carbonyl (C=O) groups excluding carboxylic acids is 3. The van der Waals surface area contributed by atoms with Gasteiger partial charge in [0.25, 0.3) is 5.91 Å². The van der Waals surface area contributed by atoms with Gasteiger partial charge in [0.15, 0.2) is 29.3 Å². The first kappa shape index (κ1) is 53.8. The second-order valence-corrected chi connectivity index (χ2v) is 18.4. The maximum absolute atomic E-state index is 14.2. The molecule has 1 unspecified atom stereocenters. The molecule has 0 N–H and O–H groups in total. The van der Waals surface area contributed by atoms with Crippen molar-refractivity contribution in [1.82, 2.24) is 0 Å². The summed E-state index contributed by atoms with van der Waals surface area (Å²) in [7, 11) is 14.1. The monoisotopic (exact) mass is 1000 g/mol. The Hall–Kier alpha value is -7.01. The van der Waals surface area contributed by atoms with Crippen LogP contribution in [0.5, 0.6) is 23.0 Å². The number of likely N-dealkylation sites (N-methyl/N-ethyl adjacent to an activating group) is 2. The summed E-state index contributed by atoms with van der Waals surface area (Å²) in [5.74, 6) is 1.39. The zero-order valence-electron chi connectivity index (χ0n) is 43.6. The minimum absolute atomic E-state index is 0.116. The molecule has 1 amide bonds. The lowest BCUT2D eigenvalue weighted by atomic mass is 10.1. The molecule has 16 nitrogen and oxygen atoms in total. The third kappa shape index (κ3) is 13.5. The van der Waals surface area contributed by atoms with Crippen molar-refractivity contribution in [3.05, 3.63) is 124 Å². The topological polar surface area (TPSA) is 141 Å². The number of nitrogens with zero attached hydrogens (tertiary/aromatic N) is 5. The highest BCUT2D eigenvalue weighted by molar-refractivity contribution is 6.11. The summed E-state index contributed by atoms with van der Waals surface area (Å²) < 4.78 is 46.7. The van der Waals surface area contributed by atoms with Crippen LogP contribution in [0.25, 0.3) is 0 Å². The van der Waals surface area contributed by atoms with Crippen molar-refractivity contribution in [2.24, 2.45) is 0 Å². The molecule has 0 radical (unpaired) electrons. The minimum Gasteiger partial charge on any atom is -0.493 e. The fourth-order valence-corrected chi connectivity index (χ4v) is 9.48. The molecule has 0 saturated heterocycles. The van der Waals surface area contributed by atoms with Gasteiger partial charge in [0.05, 0.1) is 77.3 Å². The van der Waals surface area contributed by atoms with E-state index in [0.29, 0.717) is 105 Å². The lowest BCUT2D eigenvalue weighted by Crippen LogP contribution is -2.39. The number of esters is 1. The minimum atomic E-state index is -0.287. The van der Waals surface area contributed by atoms with Crippen molar-refractivity contribution in [3.8, 4) is 23.0 Å². The van der Waals surface area contributed by atoms with Crippen molar-refractivity contribution >= 4 is 46.6 Å². The molecule has 5 aromatic carbocycles. The largest absolute Gasteiger partial charge is 0.493 e. The number of aldehydes is 1. The van der Waals surface area contributed by atoms with Crippen molar-refractivity contribution in [3.63, 3.8) is 0 Å². The Labute approximate surface area is 430 Å². The predicted molar refractivity (Wildman–Crippen MR) is 285 cm³/mol. The van der Waals surface area contributed by atoms with E-state index in [-0.39, 0.29) is 37.6 Å². The van der Waals surface area contributed by atoms with Crippen LogP contribution in [0, 0.1) is 0 Å². The highest BCUT2D eigenvalue weighted by Gasteiger charge is 2.30. The number of ether oxygens (including phenoxy) is 8. The summed E-state index contributed by atoms with van der Waals surface area (Å²) in [5.41, 5.74) is 9.49. The van der Waals surface area contributed by atoms with Gasteiger partial charge in [-0.15, -0.1) is 0 Å². The van der Waals surface area contributed by atoms with Crippen molar-refractivity contribution in [2.45, 2.75) is 44.9 Å². The van der Waals surface area contributed by atoms with Gasteiger partial charge in [0.1, 0.15) is 13.2 Å². The summed E-state index contributed by atoms with van der Waals surface area (Å²) in [5, 5.41) is 0. The number of fused-ring (bicyclic) bond motifs is 2. The van der Waals surface area contributed by atoms with E-state index in [0.717, 1.165) is 52.9 Å². The van der Waals surface area contributed by atoms with Crippen molar-refractivity contribution < 1.29 is 52.3 Å². The Kier molecular flexibility index (Phi) is 19.2. The van der Waals surface area contributed by atoms with Crippen LogP contribution in [-0.4, -0.2) is 140 Å². The van der Waals surface area contributed by atoms with Gasteiger partial charge in [-0.2, -0.15) is 0 Å². The van der Waals surface area contributed by atoms with Crippen molar-refractivity contribution in [2.75, 3.05) is 140 Å². The molecule has 0 aliphatic carbocycles. The predicted octanol–water partition coefficient (Wildman–Crippen LogP) is 7.88. The maximum Gasteiger partial charge on any atom is 0.305 e. The zero-order valence-corrected chi connectivity index (χ0v) is 43.6. The standard InChI is InChI=1S/C57H71N5O11/c1-58(2)51-35-55(53(68-7)33-47(51)57(65)62-21-19-42-14-9-12-17-49(42)62)73-39-41-28-40(29-45(30-41)61(20-13-18-56(64)69-8)22-23-70-26-27-71-25-24-66-5)38-72-54-34-50(44(37-63)32-52(54)67-6)59(3)36-46-31-43-15-10-11-16-48(43)60(46)4/h9-12,14-17,28-30,32-35,37,46H,13,18-27,31,36,38-39H2,1-8H3. The van der Waals surface area contributed by atoms with Crippen LogP contribution < -0.4 is 43.4 Å². The van der Waals surface area contributed by atoms with E-state index in [4.69, 9.17) is 37.9 Å². The Morgan fingerprint density at radius 2 is 1.33 bits per heavy atom. The van der Waals surface area contributed by atoms with E-state index in [1.165, 1.54) is 18.4 Å². The third-order valence-electron chi connectivity index (χ3n) is 13.4. The molecule has 0 aromatic heterocycles. The van der Waals surface area contributed by atoms with Gasteiger partial charge in [0, 0.05) is 103 Å². The van der Waals surface area contributed by atoms with E-state index in [1.807, 2.05) is 67.3 Å². The molecule has 2 aliphatic rings. The van der Waals surface area contributed by atoms with E-state index in [1.54, 1.807) is 33.5 Å². The van der Waals surface area contributed by atoms with Gasteiger partial charge in [-0.05, 0) is 84.0 Å². The quantitative estimate of drug-likeness (QED) is 0.0272. The van der Waals surface area contributed by atoms with E-state index >= 15 is 0 Å². The van der Waals surface area contributed by atoms with Gasteiger partial charge in [-0.25, -0.2) is 0 Å². The van der Waals surface area contributed by atoms with Gasteiger partial charge >= 0.3 is 5.97 Å². The molecule has 0 fully saturated rings. The first-order chi connectivity index (χ1) is 35.5. The maximum atomic E-state index is 14.2. The number of hydrogen-bond donors (Lipinski definition) is 0. The number of anilines is 5. The van der Waals surface area contributed by atoms with E-state index < -0.39 is 0 Å².